The maximum absolute atomic E-state index is 12.7. The molecule has 3 aliphatic rings. The Morgan fingerprint density at radius 3 is 2.48 bits per heavy atom. The van der Waals surface area contributed by atoms with Crippen molar-refractivity contribution in [3.8, 4) is 0 Å². The van der Waals surface area contributed by atoms with Crippen molar-refractivity contribution in [2.75, 3.05) is 0 Å². The van der Waals surface area contributed by atoms with E-state index in [9.17, 15) is 9.59 Å². The van der Waals surface area contributed by atoms with Crippen LogP contribution in [0.3, 0.4) is 0 Å². The molecule has 1 saturated heterocycles. The van der Waals surface area contributed by atoms with E-state index in [1.807, 2.05) is 0 Å². The number of piperazine rings is 1. The van der Waals surface area contributed by atoms with E-state index in [1.54, 1.807) is 11.9 Å². The second-order valence-electron chi connectivity index (χ2n) is 6.27. The van der Waals surface area contributed by atoms with Crippen molar-refractivity contribution >= 4 is 11.8 Å². The molecule has 8 nitrogen and oxygen atoms in total. The van der Waals surface area contributed by atoms with Crippen molar-refractivity contribution in [2.24, 2.45) is 18.9 Å². The van der Waals surface area contributed by atoms with E-state index in [4.69, 9.17) is 0 Å². The van der Waals surface area contributed by atoms with Crippen LogP contribution in [-0.2, 0) is 23.2 Å². The predicted octanol–water partition coefficient (Wildman–Crippen LogP) is -0.774. The first-order valence-corrected chi connectivity index (χ1v) is 7.47. The van der Waals surface area contributed by atoms with Gasteiger partial charge in [0.15, 0.2) is 5.82 Å². The topological polar surface area (TPSA) is 93.0 Å². The molecule has 1 aromatic heterocycles. The zero-order chi connectivity index (χ0) is 14.6. The number of hydrogen-bond donors (Lipinski definition) is 1. The number of rotatable bonds is 4. The number of tetrazole rings is 1. The fraction of sp³-hybridized carbons (Fsp3) is 0.769. The number of amides is 2. The Labute approximate surface area is 121 Å². The van der Waals surface area contributed by atoms with Gasteiger partial charge in [0, 0.05) is 0 Å². The lowest BCUT2D eigenvalue weighted by atomic mass is 10.0. The van der Waals surface area contributed by atoms with Crippen LogP contribution in [0.25, 0.3) is 0 Å². The highest BCUT2D eigenvalue weighted by Crippen LogP contribution is 2.40. The quantitative estimate of drug-likeness (QED) is 0.785. The zero-order valence-corrected chi connectivity index (χ0v) is 11.9. The van der Waals surface area contributed by atoms with Crippen molar-refractivity contribution in [1.82, 2.24) is 30.4 Å². The molecule has 2 heterocycles. The molecule has 112 valence electrons. The largest absolute Gasteiger partial charge is 0.342 e. The zero-order valence-electron chi connectivity index (χ0n) is 11.9. The van der Waals surface area contributed by atoms with Crippen LogP contribution in [0.2, 0.25) is 0 Å². The van der Waals surface area contributed by atoms with Gasteiger partial charge in [0.2, 0.25) is 11.8 Å². The third kappa shape index (κ3) is 2.28. The van der Waals surface area contributed by atoms with Gasteiger partial charge in [0.1, 0.15) is 12.1 Å². The molecule has 2 unspecified atom stereocenters. The van der Waals surface area contributed by atoms with Crippen molar-refractivity contribution < 1.29 is 9.59 Å². The minimum Gasteiger partial charge on any atom is -0.342 e. The van der Waals surface area contributed by atoms with E-state index in [1.165, 1.54) is 4.80 Å². The molecule has 2 saturated carbocycles. The number of nitrogens with one attached hydrogen (secondary N) is 1. The number of aromatic nitrogens is 4. The molecule has 0 radical (unpaired) electrons. The average Bonchev–Trinajstić information content (AvgIpc) is 3.33. The normalized spacial score (nSPS) is 29.7. The molecular weight excluding hydrogens is 272 g/mol. The second kappa shape index (κ2) is 4.51. The lowest BCUT2D eigenvalue weighted by Gasteiger charge is -2.38. The highest BCUT2D eigenvalue weighted by molar-refractivity contribution is 5.97. The first-order chi connectivity index (χ1) is 10.1. The van der Waals surface area contributed by atoms with E-state index >= 15 is 0 Å². The number of nitrogens with zero attached hydrogens (tertiary/aromatic N) is 5. The Bertz CT molecular complexity index is 591. The Morgan fingerprint density at radius 1 is 1.19 bits per heavy atom. The van der Waals surface area contributed by atoms with Crippen LogP contribution in [-0.4, -0.2) is 49.0 Å². The number of aryl methyl sites for hydroxylation is 1. The van der Waals surface area contributed by atoms with Crippen LogP contribution in [0.1, 0.15) is 31.5 Å². The molecule has 2 amide bonds. The van der Waals surface area contributed by atoms with Gasteiger partial charge in [0.25, 0.3) is 0 Å². The summed E-state index contributed by atoms with van der Waals surface area (Å²) in [5.74, 6) is 1.07. The molecule has 3 fully saturated rings. The standard InChI is InChI=1S/C13H18N6O2/c1-18-16-9(15-17-18)6-19-11(8-4-5-8)12(20)14-10(13(19)21)7-2-3-7/h7-8,10-11H,2-6H2,1H3,(H,14,20). The summed E-state index contributed by atoms with van der Waals surface area (Å²) in [6.45, 7) is 0.268. The first-order valence-electron chi connectivity index (χ1n) is 7.47. The van der Waals surface area contributed by atoms with Gasteiger partial charge in [-0.1, -0.05) is 0 Å². The smallest absolute Gasteiger partial charge is 0.246 e. The fourth-order valence-electron chi connectivity index (χ4n) is 3.10. The number of hydrogen-bond acceptors (Lipinski definition) is 5. The lowest BCUT2D eigenvalue weighted by Crippen LogP contribution is -2.64. The minimum absolute atomic E-state index is 0.0152. The van der Waals surface area contributed by atoms with Gasteiger partial charge in [-0.05, 0) is 42.7 Å². The van der Waals surface area contributed by atoms with Gasteiger partial charge < -0.3 is 10.2 Å². The maximum Gasteiger partial charge on any atom is 0.246 e. The SMILES string of the molecule is Cn1nnc(CN2C(=O)C(C3CC3)NC(=O)C2C2CC2)n1. The van der Waals surface area contributed by atoms with Gasteiger partial charge in [-0.25, -0.2) is 0 Å². The Balaban J connectivity index is 1.60. The van der Waals surface area contributed by atoms with Crippen molar-refractivity contribution in [1.29, 1.82) is 0 Å². The monoisotopic (exact) mass is 290 g/mol. The molecule has 0 aromatic carbocycles. The van der Waals surface area contributed by atoms with Crippen LogP contribution in [0.15, 0.2) is 0 Å². The third-order valence-corrected chi connectivity index (χ3v) is 4.47. The van der Waals surface area contributed by atoms with E-state index in [-0.39, 0.29) is 36.4 Å². The van der Waals surface area contributed by atoms with E-state index in [2.05, 4.69) is 20.7 Å². The molecule has 1 aromatic rings. The third-order valence-electron chi connectivity index (χ3n) is 4.47. The summed E-state index contributed by atoms with van der Waals surface area (Å²) in [5.41, 5.74) is 0. The first kappa shape index (κ1) is 12.7. The van der Waals surface area contributed by atoms with Crippen LogP contribution >= 0.6 is 0 Å². The molecule has 2 atom stereocenters. The number of carbonyl (C=O) groups excluding carboxylic acids is 2. The van der Waals surface area contributed by atoms with Gasteiger partial charge >= 0.3 is 0 Å². The molecule has 8 heteroatoms. The predicted molar refractivity (Wildman–Crippen MR) is 70.5 cm³/mol. The maximum atomic E-state index is 12.7. The van der Waals surface area contributed by atoms with Crippen LogP contribution in [0, 0.1) is 11.8 Å². The summed E-state index contributed by atoms with van der Waals surface area (Å²) in [5, 5.41) is 14.8. The number of carbonyl (C=O) groups is 2. The van der Waals surface area contributed by atoms with Crippen molar-refractivity contribution in [3.63, 3.8) is 0 Å². The Morgan fingerprint density at radius 2 is 1.90 bits per heavy atom. The highest BCUT2D eigenvalue weighted by Gasteiger charge is 2.51. The molecule has 1 N–H and O–H groups in total. The summed E-state index contributed by atoms with van der Waals surface area (Å²) in [6, 6.07) is -0.722. The van der Waals surface area contributed by atoms with Gasteiger partial charge in [0.05, 0.1) is 13.6 Å². The second-order valence-corrected chi connectivity index (χ2v) is 6.27. The van der Waals surface area contributed by atoms with E-state index < -0.39 is 0 Å². The fourth-order valence-corrected chi connectivity index (χ4v) is 3.10. The van der Waals surface area contributed by atoms with E-state index in [0.717, 1.165) is 25.7 Å². The summed E-state index contributed by atoms with van der Waals surface area (Å²) < 4.78 is 0. The summed E-state index contributed by atoms with van der Waals surface area (Å²) in [6.07, 6.45) is 4.04. The lowest BCUT2D eigenvalue weighted by molar-refractivity contribution is -0.151. The van der Waals surface area contributed by atoms with Crippen LogP contribution in [0.4, 0.5) is 0 Å². The van der Waals surface area contributed by atoms with E-state index in [0.29, 0.717) is 11.7 Å². The van der Waals surface area contributed by atoms with Crippen LogP contribution in [0.5, 0.6) is 0 Å². The van der Waals surface area contributed by atoms with Crippen molar-refractivity contribution in [3.05, 3.63) is 5.82 Å². The molecule has 2 aliphatic carbocycles. The van der Waals surface area contributed by atoms with Crippen LogP contribution < -0.4 is 5.32 Å². The summed E-state index contributed by atoms with van der Waals surface area (Å²) in [4.78, 5) is 28.2. The van der Waals surface area contributed by atoms with Gasteiger partial charge in [-0.15, -0.1) is 10.2 Å². The average molecular weight is 290 g/mol. The molecule has 0 spiro atoms. The Hall–Kier alpha value is -1.99. The molecular formula is C13H18N6O2. The summed E-state index contributed by atoms with van der Waals surface area (Å²) in [7, 11) is 1.69. The molecule has 21 heavy (non-hydrogen) atoms. The highest BCUT2D eigenvalue weighted by atomic mass is 16.2. The summed E-state index contributed by atoms with van der Waals surface area (Å²) >= 11 is 0. The minimum atomic E-state index is -0.365. The van der Waals surface area contributed by atoms with Gasteiger partial charge in [-0.2, -0.15) is 4.80 Å². The van der Waals surface area contributed by atoms with Crippen molar-refractivity contribution in [2.45, 2.75) is 44.3 Å². The Kier molecular flexibility index (Phi) is 2.73. The molecule has 1 aliphatic heterocycles. The molecule has 4 rings (SSSR count). The van der Waals surface area contributed by atoms with Gasteiger partial charge in [-0.3, -0.25) is 9.59 Å². The molecule has 0 bridgehead atoms.